The minimum absolute atomic E-state index is 0.0228. The molecule has 2 aliphatic rings. The van der Waals surface area contributed by atoms with Crippen LogP contribution in [0.15, 0.2) is 84.1 Å². The maximum atomic E-state index is 13.5. The van der Waals surface area contributed by atoms with Gasteiger partial charge >= 0.3 is 5.97 Å². The molecule has 224 valence electrons. The Bertz CT molecular complexity index is 1530. The van der Waals surface area contributed by atoms with E-state index in [1.54, 1.807) is 36.9 Å². The Balaban J connectivity index is 1.31. The zero-order chi connectivity index (χ0) is 30.5. The van der Waals surface area contributed by atoms with E-state index in [0.717, 1.165) is 30.8 Å². The lowest BCUT2D eigenvalue weighted by molar-refractivity contribution is -0.140. The first-order chi connectivity index (χ1) is 20.7. The molecule has 0 bridgehead atoms. The highest BCUT2D eigenvalue weighted by Crippen LogP contribution is 2.39. The van der Waals surface area contributed by atoms with Crippen LogP contribution in [0.5, 0.6) is 0 Å². The van der Waals surface area contributed by atoms with Gasteiger partial charge in [0, 0.05) is 56.3 Å². The van der Waals surface area contributed by atoms with E-state index in [1.807, 2.05) is 47.4 Å². The van der Waals surface area contributed by atoms with Crippen molar-refractivity contribution in [2.45, 2.75) is 39.3 Å². The number of hydrogen-bond donors (Lipinski definition) is 0. The molecule has 3 aromatic carbocycles. The summed E-state index contributed by atoms with van der Waals surface area (Å²) in [5, 5.41) is 0.755. The van der Waals surface area contributed by atoms with Gasteiger partial charge in [0.1, 0.15) is 0 Å². The normalized spacial score (nSPS) is 17.8. The Hall–Kier alpha value is -3.65. The summed E-state index contributed by atoms with van der Waals surface area (Å²) in [5.74, 6) is -1.13. The van der Waals surface area contributed by atoms with Crippen molar-refractivity contribution in [3.05, 3.63) is 116 Å². The smallest absolute Gasteiger partial charge is 0.336 e. The van der Waals surface area contributed by atoms with Crippen molar-refractivity contribution in [3.63, 3.8) is 0 Å². The molecule has 1 unspecified atom stereocenters. The summed E-state index contributed by atoms with van der Waals surface area (Å²) >= 11 is 12.4. The van der Waals surface area contributed by atoms with Gasteiger partial charge in [-0.2, -0.15) is 0 Å². The average molecular weight is 621 g/mol. The first-order valence-electron chi connectivity index (χ1n) is 14.5. The SMILES string of the molecule is CCOC(=O)C1=C(C)N(Cc2cccc(C(=O)N3CCN(Cc4ccccc4)CC3)c2)C(=O)CC1c1ccc(Cl)c(Cl)c1. The average Bonchev–Trinajstić information content (AvgIpc) is 3.01. The zero-order valence-corrected chi connectivity index (χ0v) is 25.9. The van der Waals surface area contributed by atoms with E-state index in [1.165, 1.54) is 5.56 Å². The number of hydrogen-bond acceptors (Lipinski definition) is 5. The highest BCUT2D eigenvalue weighted by Gasteiger charge is 2.37. The Labute approximate surface area is 262 Å². The molecular weight excluding hydrogens is 585 g/mol. The summed E-state index contributed by atoms with van der Waals surface area (Å²) in [6, 6.07) is 22.9. The molecule has 0 spiro atoms. The number of halogens is 2. The van der Waals surface area contributed by atoms with E-state index < -0.39 is 11.9 Å². The van der Waals surface area contributed by atoms with Crippen molar-refractivity contribution in [2.75, 3.05) is 32.8 Å². The van der Waals surface area contributed by atoms with Gasteiger partial charge in [-0.25, -0.2) is 4.79 Å². The summed E-state index contributed by atoms with van der Waals surface area (Å²) in [6.45, 7) is 7.75. The van der Waals surface area contributed by atoms with Crippen LogP contribution in [0.4, 0.5) is 0 Å². The third-order valence-electron chi connectivity index (χ3n) is 8.09. The maximum Gasteiger partial charge on any atom is 0.336 e. The van der Waals surface area contributed by atoms with Crippen LogP contribution in [-0.2, 0) is 27.4 Å². The van der Waals surface area contributed by atoms with E-state index in [2.05, 4.69) is 17.0 Å². The number of allylic oxidation sites excluding steroid dienone is 1. The molecule has 2 heterocycles. The van der Waals surface area contributed by atoms with Crippen LogP contribution in [0.25, 0.3) is 0 Å². The number of ether oxygens (including phenoxy) is 1. The standard InChI is InChI=1S/C34H35Cl2N3O4/c1-3-43-34(42)32-23(2)39(31(40)20-28(32)26-12-13-29(35)30(36)19-26)22-25-10-7-11-27(18-25)33(41)38-16-14-37(15-17-38)21-24-8-5-4-6-9-24/h4-13,18-19,28H,3,14-17,20-22H2,1-2H3. The lowest BCUT2D eigenvalue weighted by Crippen LogP contribution is -2.48. The predicted octanol–water partition coefficient (Wildman–Crippen LogP) is 6.30. The number of esters is 1. The molecule has 9 heteroatoms. The molecule has 7 nitrogen and oxygen atoms in total. The van der Waals surface area contributed by atoms with Crippen molar-refractivity contribution in [3.8, 4) is 0 Å². The van der Waals surface area contributed by atoms with Gasteiger partial charge < -0.3 is 14.5 Å². The summed E-state index contributed by atoms with van der Waals surface area (Å²) in [6.07, 6.45) is 0.0787. The van der Waals surface area contributed by atoms with E-state index in [9.17, 15) is 14.4 Å². The second kappa shape index (κ2) is 13.8. The van der Waals surface area contributed by atoms with Crippen molar-refractivity contribution in [1.82, 2.24) is 14.7 Å². The van der Waals surface area contributed by atoms with Gasteiger partial charge in [0.2, 0.25) is 5.91 Å². The minimum Gasteiger partial charge on any atom is -0.463 e. The highest BCUT2D eigenvalue weighted by molar-refractivity contribution is 6.42. The zero-order valence-electron chi connectivity index (χ0n) is 24.4. The summed E-state index contributed by atoms with van der Waals surface area (Å²) in [7, 11) is 0. The van der Waals surface area contributed by atoms with Gasteiger partial charge in [-0.15, -0.1) is 0 Å². The fourth-order valence-corrected chi connectivity index (χ4v) is 6.12. The molecule has 43 heavy (non-hydrogen) atoms. The Morgan fingerprint density at radius 1 is 0.860 bits per heavy atom. The van der Waals surface area contributed by atoms with Crippen LogP contribution in [0.1, 0.15) is 53.2 Å². The number of benzene rings is 3. The number of nitrogens with zero attached hydrogens (tertiary/aromatic N) is 3. The van der Waals surface area contributed by atoms with Gasteiger partial charge in [-0.1, -0.05) is 71.7 Å². The first-order valence-corrected chi connectivity index (χ1v) is 15.3. The summed E-state index contributed by atoms with van der Waals surface area (Å²) in [4.78, 5) is 46.0. The minimum atomic E-state index is -0.508. The highest BCUT2D eigenvalue weighted by atomic mass is 35.5. The molecule has 3 aromatic rings. The lowest BCUT2D eigenvalue weighted by atomic mass is 9.83. The van der Waals surface area contributed by atoms with E-state index >= 15 is 0 Å². The fourth-order valence-electron chi connectivity index (χ4n) is 5.81. The molecule has 0 radical (unpaired) electrons. The molecule has 0 aromatic heterocycles. The molecule has 5 rings (SSSR count). The van der Waals surface area contributed by atoms with Gasteiger partial charge in [-0.05, 0) is 54.8 Å². The maximum absolute atomic E-state index is 13.5. The van der Waals surface area contributed by atoms with Gasteiger partial charge in [0.05, 0.1) is 28.8 Å². The van der Waals surface area contributed by atoms with Crippen LogP contribution in [0, 0.1) is 0 Å². The van der Waals surface area contributed by atoms with Crippen LogP contribution in [-0.4, -0.2) is 65.3 Å². The predicted molar refractivity (Wildman–Crippen MR) is 168 cm³/mol. The topological polar surface area (TPSA) is 70.2 Å². The van der Waals surface area contributed by atoms with Crippen molar-refractivity contribution < 1.29 is 19.1 Å². The van der Waals surface area contributed by atoms with E-state index in [0.29, 0.717) is 40.0 Å². The first kappa shape index (κ1) is 30.8. The van der Waals surface area contributed by atoms with Crippen LogP contribution >= 0.6 is 23.2 Å². The Morgan fingerprint density at radius 3 is 2.28 bits per heavy atom. The van der Waals surface area contributed by atoms with Gasteiger partial charge in [-0.3, -0.25) is 14.5 Å². The molecule has 1 saturated heterocycles. The summed E-state index contributed by atoms with van der Waals surface area (Å²) < 4.78 is 5.40. The van der Waals surface area contributed by atoms with Crippen molar-refractivity contribution >= 4 is 41.0 Å². The van der Waals surface area contributed by atoms with Crippen molar-refractivity contribution in [1.29, 1.82) is 0 Å². The van der Waals surface area contributed by atoms with Gasteiger partial charge in [0.25, 0.3) is 5.91 Å². The molecule has 0 aliphatic carbocycles. The molecule has 2 amide bonds. The lowest BCUT2D eigenvalue weighted by Gasteiger charge is -2.35. The van der Waals surface area contributed by atoms with Crippen LogP contribution < -0.4 is 0 Å². The molecule has 0 saturated carbocycles. The second-order valence-corrected chi connectivity index (χ2v) is 11.7. The monoisotopic (exact) mass is 619 g/mol. The molecule has 1 fully saturated rings. The fraction of sp³-hybridized carbons (Fsp3) is 0.324. The molecular formula is C34H35Cl2N3O4. The Morgan fingerprint density at radius 2 is 1.58 bits per heavy atom. The van der Waals surface area contributed by atoms with Gasteiger partial charge in [0.15, 0.2) is 0 Å². The third-order valence-corrected chi connectivity index (χ3v) is 8.83. The quantitative estimate of drug-likeness (QED) is 0.277. The molecule has 2 aliphatic heterocycles. The van der Waals surface area contributed by atoms with Crippen LogP contribution in [0.2, 0.25) is 10.0 Å². The number of piperazine rings is 1. The summed E-state index contributed by atoms with van der Waals surface area (Å²) in [5.41, 5.74) is 4.32. The molecule has 1 atom stereocenters. The molecule has 0 N–H and O–H groups in total. The van der Waals surface area contributed by atoms with Crippen LogP contribution in [0.3, 0.4) is 0 Å². The Kier molecular flexibility index (Phi) is 9.86. The number of rotatable bonds is 8. The third kappa shape index (κ3) is 7.12. The van der Waals surface area contributed by atoms with E-state index in [-0.39, 0.29) is 31.4 Å². The number of carbonyl (C=O) groups is 3. The van der Waals surface area contributed by atoms with E-state index in [4.69, 9.17) is 27.9 Å². The number of carbonyl (C=O) groups excluding carboxylic acids is 3. The van der Waals surface area contributed by atoms with Crippen molar-refractivity contribution in [2.24, 2.45) is 0 Å². The number of amides is 2. The largest absolute Gasteiger partial charge is 0.463 e. The second-order valence-electron chi connectivity index (χ2n) is 10.9.